The van der Waals surface area contributed by atoms with Gasteiger partial charge in [-0.25, -0.2) is 14.2 Å². The summed E-state index contributed by atoms with van der Waals surface area (Å²) in [5.74, 6) is -0.0589. The first kappa shape index (κ1) is 15.1. The van der Waals surface area contributed by atoms with Crippen LogP contribution in [0.25, 0.3) is 11.3 Å². The molecule has 0 spiro atoms. The van der Waals surface area contributed by atoms with Gasteiger partial charge in [0.25, 0.3) is 0 Å². The van der Waals surface area contributed by atoms with E-state index in [1.165, 1.54) is 18.2 Å². The number of fused-ring (bicyclic) bond motifs is 1. The number of aromatic carboxylic acids is 1. The van der Waals surface area contributed by atoms with Crippen LogP contribution in [0.4, 0.5) is 4.39 Å². The molecule has 2 N–H and O–H groups in total. The summed E-state index contributed by atoms with van der Waals surface area (Å²) >= 11 is 0. The maximum absolute atomic E-state index is 13.1. The highest BCUT2D eigenvalue weighted by atomic mass is 19.1. The molecule has 1 aromatic heterocycles. The van der Waals surface area contributed by atoms with E-state index in [1.54, 1.807) is 19.1 Å². The first-order valence-corrected chi connectivity index (χ1v) is 7.93. The van der Waals surface area contributed by atoms with Crippen molar-refractivity contribution in [2.75, 3.05) is 13.1 Å². The standard InChI is InChI=1S/C18H17FN2O3/c1-9-12(18(22)23)6-15(10-2-4-11(19)5-3-10)21-17(9)24-16-13-7-20-8-14(13)16/h2-6,13-14,16,20H,7-8H2,1H3,(H,22,23)/t13-,14+,16?. The number of hydrogen-bond donors (Lipinski definition) is 2. The summed E-state index contributed by atoms with van der Waals surface area (Å²) < 4.78 is 19.1. The van der Waals surface area contributed by atoms with Crippen LogP contribution in [-0.4, -0.2) is 35.3 Å². The van der Waals surface area contributed by atoms with Crippen LogP contribution in [0.3, 0.4) is 0 Å². The van der Waals surface area contributed by atoms with Crippen molar-refractivity contribution >= 4 is 5.97 Å². The predicted molar refractivity (Wildman–Crippen MR) is 85.6 cm³/mol. The quantitative estimate of drug-likeness (QED) is 0.902. The average molecular weight is 328 g/mol. The largest absolute Gasteiger partial charge is 0.478 e. The highest BCUT2D eigenvalue weighted by molar-refractivity contribution is 5.91. The maximum atomic E-state index is 13.1. The van der Waals surface area contributed by atoms with Crippen molar-refractivity contribution < 1.29 is 19.0 Å². The van der Waals surface area contributed by atoms with Gasteiger partial charge in [-0.2, -0.15) is 0 Å². The van der Waals surface area contributed by atoms with E-state index in [0.29, 0.717) is 34.5 Å². The number of nitrogens with zero attached hydrogens (tertiary/aromatic N) is 1. The number of ether oxygens (including phenoxy) is 1. The van der Waals surface area contributed by atoms with Crippen molar-refractivity contribution in [2.24, 2.45) is 11.8 Å². The number of rotatable bonds is 4. The number of halogens is 1. The normalized spacial score (nSPS) is 24.5. The Kier molecular flexibility index (Phi) is 3.49. The zero-order valence-corrected chi connectivity index (χ0v) is 13.1. The fourth-order valence-electron chi connectivity index (χ4n) is 3.36. The van der Waals surface area contributed by atoms with Crippen LogP contribution in [0.1, 0.15) is 15.9 Å². The Morgan fingerprint density at radius 3 is 2.58 bits per heavy atom. The Balaban J connectivity index is 1.71. The summed E-state index contributed by atoms with van der Waals surface area (Å²) in [6.07, 6.45) is 0.0996. The Hall–Kier alpha value is -2.47. The first-order chi connectivity index (χ1) is 11.5. The van der Waals surface area contributed by atoms with Crippen LogP contribution < -0.4 is 10.1 Å². The molecule has 2 heterocycles. The number of benzene rings is 1. The van der Waals surface area contributed by atoms with Gasteiger partial charge in [-0.05, 0) is 37.3 Å². The molecular formula is C18H17FN2O3. The van der Waals surface area contributed by atoms with Crippen LogP contribution in [0.15, 0.2) is 30.3 Å². The lowest BCUT2D eigenvalue weighted by atomic mass is 10.1. The van der Waals surface area contributed by atoms with Gasteiger partial charge in [0.2, 0.25) is 5.88 Å². The molecule has 1 saturated heterocycles. The Morgan fingerprint density at radius 2 is 1.96 bits per heavy atom. The van der Waals surface area contributed by atoms with Gasteiger partial charge in [0.1, 0.15) is 11.9 Å². The number of carboxylic acids is 1. The van der Waals surface area contributed by atoms with Crippen molar-refractivity contribution in [3.63, 3.8) is 0 Å². The number of aromatic nitrogens is 1. The molecule has 4 rings (SSSR count). The summed E-state index contributed by atoms with van der Waals surface area (Å²) in [5.41, 5.74) is 1.80. The smallest absolute Gasteiger partial charge is 0.336 e. The Morgan fingerprint density at radius 1 is 1.29 bits per heavy atom. The summed E-state index contributed by atoms with van der Waals surface area (Å²) in [5, 5.41) is 12.8. The number of piperidine rings is 1. The highest BCUT2D eigenvalue weighted by Crippen LogP contribution is 2.45. The second-order valence-corrected chi connectivity index (χ2v) is 6.37. The molecule has 2 fully saturated rings. The molecule has 0 amide bonds. The van der Waals surface area contributed by atoms with Crippen molar-refractivity contribution in [2.45, 2.75) is 13.0 Å². The van der Waals surface area contributed by atoms with Gasteiger partial charge in [0.05, 0.1) is 11.3 Å². The third kappa shape index (κ3) is 2.53. The third-order valence-electron chi connectivity index (χ3n) is 4.86. The lowest BCUT2D eigenvalue weighted by molar-refractivity contribution is 0.0695. The maximum Gasteiger partial charge on any atom is 0.336 e. The van der Waals surface area contributed by atoms with Crippen LogP contribution in [0.5, 0.6) is 5.88 Å². The molecule has 3 atom stereocenters. The third-order valence-corrected chi connectivity index (χ3v) is 4.86. The summed E-state index contributed by atoms with van der Waals surface area (Å²) in [7, 11) is 0. The molecule has 1 saturated carbocycles. The molecular weight excluding hydrogens is 311 g/mol. The minimum atomic E-state index is -1.03. The highest BCUT2D eigenvalue weighted by Gasteiger charge is 2.55. The molecule has 1 aliphatic heterocycles. The molecule has 124 valence electrons. The topological polar surface area (TPSA) is 71.5 Å². The number of carboxylic acid groups (broad SMARTS) is 1. The number of carbonyl (C=O) groups is 1. The fraction of sp³-hybridized carbons (Fsp3) is 0.333. The van der Waals surface area contributed by atoms with E-state index in [2.05, 4.69) is 10.3 Å². The zero-order valence-electron chi connectivity index (χ0n) is 13.1. The minimum absolute atomic E-state index is 0.0996. The zero-order chi connectivity index (χ0) is 16.8. The second-order valence-electron chi connectivity index (χ2n) is 6.37. The van der Waals surface area contributed by atoms with Crippen LogP contribution in [0.2, 0.25) is 0 Å². The van der Waals surface area contributed by atoms with E-state index in [4.69, 9.17) is 4.74 Å². The lowest BCUT2D eigenvalue weighted by Crippen LogP contribution is -2.21. The molecule has 2 aromatic rings. The SMILES string of the molecule is Cc1c(C(=O)O)cc(-c2ccc(F)cc2)nc1OC1[C@H]2CNC[C@@H]12. The van der Waals surface area contributed by atoms with E-state index >= 15 is 0 Å². The minimum Gasteiger partial charge on any atom is -0.478 e. The Bertz CT molecular complexity index is 797. The van der Waals surface area contributed by atoms with Gasteiger partial charge in [-0.15, -0.1) is 0 Å². The van der Waals surface area contributed by atoms with Crippen molar-refractivity contribution in [3.05, 3.63) is 47.3 Å². The molecule has 0 bridgehead atoms. The fourth-order valence-corrected chi connectivity index (χ4v) is 3.36. The molecule has 1 aromatic carbocycles. The van der Waals surface area contributed by atoms with Crippen molar-refractivity contribution in [3.8, 4) is 17.1 Å². The Labute approximate surface area is 138 Å². The van der Waals surface area contributed by atoms with Gasteiger partial charge < -0.3 is 15.2 Å². The van der Waals surface area contributed by atoms with Gasteiger partial charge in [-0.3, -0.25) is 0 Å². The molecule has 0 radical (unpaired) electrons. The predicted octanol–water partition coefficient (Wildman–Crippen LogP) is 2.49. The summed E-state index contributed by atoms with van der Waals surface area (Å²) in [4.78, 5) is 16.1. The molecule has 1 unspecified atom stereocenters. The van der Waals surface area contributed by atoms with E-state index in [9.17, 15) is 14.3 Å². The number of nitrogens with one attached hydrogen (secondary N) is 1. The van der Waals surface area contributed by atoms with Gasteiger partial charge in [-0.1, -0.05) is 0 Å². The van der Waals surface area contributed by atoms with E-state index in [1.807, 2.05) is 0 Å². The number of hydrogen-bond acceptors (Lipinski definition) is 4. The summed E-state index contributed by atoms with van der Waals surface area (Å²) in [6, 6.07) is 7.33. The molecule has 6 heteroatoms. The van der Waals surface area contributed by atoms with Gasteiger partial charge >= 0.3 is 5.97 Å². The first-order valence-electron chi connectivity index (χ1n) is 7.93. The van der Waals surface area contributed by atoms with E-state index in [0.717, 1.165) is 13.1 Å². The number of pyridine rings is 1. The van der Waals surface area contributed by atoms with Gasteiger partial charge in [0, 0.05) is 36.1 Å². The molecule has 5 nitrogen and oxygen atoms in total. The average Bonchev–Trinajstić information content (AvgIpc) is 2.98. The second kappa shape index (κ2) is 5.56. The molecule has 2 aliphatic rings. The molecule has 24 heavy (non-hydrogen) atoms. The van der Waals surface area contributed by atoms with Crippen LogP contribution >= 0.6 is 0 Å². The van der Waals surface area contributed by atoms with Crippen molar-refractivity contribution in [1.82, 2.24) is 10.3 Å². The van der Waals surface area contributed by atoms with Crippen LogP contribution in [0, 0.1) is 24.6 Å². The van der Waals surface area contributed by atoms with E-state index < -0.39 is 5.97 Å². The monoisotopic (exact) mass is 328 g/mol. The molecule has 1 aliphatic carbocycles. The van der Waals surface area contributed by atoms with E-state index in [-0.39, 0.29) is 17.5 Å². The van der Waals surface area contributed by atoms with Crippen LogP contribution in [-0.2, 0) is 0 Å². The summed E-state index contributed by atoms with van der Waals surface area (Å²) in [6.45, 7) is 3.56. The lowest BCUT2D eigenvalue weighted by Gasteiger charge is -2.14. The van der Waals surface area contributed by atoms with Gasteiger partial charge in [0.15, 0.2) is 0 Å². The van der Waals surface area contributed by atoms with Crippen molar-refractivity contribution in [1.29, 1.82) is 0 Å².